The van der Waals surface area contributed by atoms with Crippen molar-refractivity contribution in [3.8, 4) is 0 Å². The number of rotatable bonds is 5. The third-order valence-corrected chi connectivity index (χ3v) is 3.96. The molecule has 100 valence electrons. The molecule has 3 nitrogen and oxygen atoms in total. The lowest BCUT2D eigenvalue weighted by Gasteiger charge is -2.21. The van der Waals surface area contributed by atoms with E-state index in [2.05, 4.69) is 21.2 Å². The maximum absolute atomic E-state index is 12.0. The first-order valence-corrected chi connectivity index (χ1v) is 6.99. The SMILES string of the molecule is CC(C)C(CCO)NC(=O)c1ccc(Cl)c(Br)c1. The fraction of sp³-hybridized carbons (Fsp3) is 0.462. The van der Waals surface area contributed by atoms with Crippen LogP contribution in [0, 0.1) is 5.92 Å². The van der Waals surface area contributed by atoms with E-state index in [1.165, 1.54) is 0 Å². The zero-order valence-electron chi connectivity index (χ0n) is 10.4. The summed E-state index contributed by atoms with van der Waals surface area (Å²) in [4.78, 5) is 12.0. The summed E-state index contributed by atoms with van der Waals surface area (Å²) in [7, 11) is 0. The molecular formula is C13H17BrClNO2. The molecule has 0 aliphatic carbocycles. The van der Waals surface area contributed by atoms with Crippen LogP contribution >= 0.6 is 27.5 Å². The molecule has 1 amide bonds. The van der Waals surface area contributed by atoms with E-state index in [-0.39, 0.29) is 24.5 Å². The molecule has 0 radical (unpaired) electrons. The number of nitrogens with one attached hydrogen (secondary N) is 1. The van der Waals surface area contributed by atoms with E-state index in [9.17, 15) is 4.79 Å². The number of hydrogen-bond acceptors (Lipinski definition) is 2. The number of halogens is 2. The van der Waals surface area contributed by atoms with E-state index in [4.69, 9.17) is 16.7 Å². The van der Waals surface area contributed by atoms with E-state index in [1.54, 1.807) is 18.2 Å². The molecule has 1 atom stereocenters. The van der Waals surface area contributed by atoms with Gasteiger partial charge in [-0.3, -0.25) is 4.79 Å². The topological polar surface area (TPSA) is 49.3 Å². The summed E-state index contributed by atoms with van der Waals surface area (Å²) in [6.07, 6.45) is 0.554. The standard InChI is InChI=1S/C13H17BrClNO2/c1-8(2)12(5-6-17)16-13(18)9-3-4-11(15)10(14)7-9/h3-4,7-8,12,17H,5-6H2,1-2H3,(H,16,18). The highest BCUT2D eigenvalue weighted by molar-refractivity contribution is 9.10. The van der Waals surface area contributed by atoms with E-state index in [0.29, 0.717) is 21.5 Å². The molecule has 1 aromatic rings. The average Bonchev–Trinajstić information content (AvgIpc) is 2.31. The Bertz CT molecular complexity index is 423. The molecule has 0 bridgehead atoms. The number of aliphatic hydroxyl groups is 1. The van der Waals surface area contributed by atoms with Crippen LogP contribution in [-0.2, 0) is 0 Å². The van der Waals surface area contributed by atoms with Crippen molar-refractivity contribution in [2.24, 2.45) is 5.92 Å². The lowest BCUT2D eigenvalue weighted by molar-refractivity contribution is 0.0916. The van der Waals surface area contributed by atoms with Gasteiger partial charge in [0.2, 0.25) is 0 Å². The fourth-order valence-electron chi connectivity index (χ4n) is 1.60. The van der Waals surface area contributed by atoms with Gasteiger partial charge < -0.3 is 10.4 Å². The van der Waals surface area contributed by atoms with Gasteiger partial charge in [0.05, 0.1) is 5.02 Å². The Labute approximate surface area is 121 Å². The highest BCUT2D eigenvalue weighted by Crippen LogP contribution is 2.23. The Morgan fingerprint density at radius 2 is 2.17 bits per heavy atom. The van der Waals surface area contributed by atoms with Crippen LogP contribution in [0.4, 0.5) is 0 Å². The summed E-state index contributed by atoms with van der Waals surface area (Å²) >= 11 is 9.17. The molecule has 0 aromatic heterocycles. The Morgan fingerprint density at radius 1 is 1.50 bits per heavy atom. The largest absolute Gasteiger partial charge is 0.396 e. The van der Waals surface area contributed by atoms with Crippen molar-refractivity contribution in [1.29, 1.82) is 0 Å². The molecule has 1 rings (SSSR count). The molecule has 1 aromatic carbocycles. The van der Waals surface area contributed by atoms with Gasteiger partial charge in [-0.1, -0.05) is 25.4 Å². The monoisotopic (exact) mass is 333 g/mol. The number of aliphatic hydroxyl groups excluding tert-OH is 1. The van der Waals surface area contributed by atoms with Gasteiger partial charge >= 0.3 is 0 Å². The minimum absolute atomic E-state index is 0.0306. The second kappa shape index (κ2) is 7.12. The highest BCUT2D eigenvalue weighted by Gasteiger charge is 2.17. The zero-order valence-corrected chi connectivity index (χ0v) is 12.8. The molecule has 0 fully saturated rings. The van der Waals surface area contributed by atoms with Crippen LogP contribution in [0.25, 0.3) is 0 Å². The summed E-state index contributed by atoms with van der Waals surface area (Å²) in [5, 5.41) is 12.5. The number of hydrogen-bond donors (Lipinski definition) is 2. The second-order valence-corrected chi connectivity index (χ2v) is 5.73. The van der Waals surface area contributed by atoms with Gasteiger partial charge in [0, 0.05) is 22.7 Å². The Morgan fingerprint density at radius 3 is 2.67 bits per heavy atom. The molecule has 0 aliphatic rings. The highest BCUT2D eigenvalue weighted by atomic mass is 79.9. The van der Waals surface area contributed by atoms with E-state index < -0.39 is 0 Å². The molecule has 0 saturated carbocycles. The summed E-state index contributed by atoms with van der Waals surface area (Å²) in [6, 6.07) is 5.01. The maximum Gasteiger partial charge on any atom is 0.251 e. The molecule has 0 spiro atoms. The van der Waals surface area contributed by atoms with Crippen molar-refractivity contribution in [3.05, 3.63) is 33.3 Å². The van der Waals surface area contributed by atoms with Gasteiger partial charge in [-0.2, -0.15) is 0 Å². The normalized spacial score (nSPS) is 12.6. The summed E-state index contributed by atoms with van der Waals surface area (Å²) in [6.45, 7) is 4.09. The van der Waals surface area contributed by atoms with Gasteiger partial charge in [-0.15, -0.1) is 0 Å². The first kappa shape index (κ1) is 15.5. The van der Waals surface area contributed by atoms with Gasteiger partial charge in [-0.25, -0.2) is 0 Å². The van der Waals surface area contributed by atoms with Gasteiger partial charge in [-0.05, 0) is 46.5 Å². The maximum atomic E-state index is 12.0. The minimum atomic E-state index is -0.153. The zero-order chi connectivity index (χ0) is 13.7. The van der Waals surface area contributed by atoms with Crippen molar-refractivity contribution < 1.29 is 9.90 Å². The number of carbonyl (C=O) groups excluding carboxylic acids is 1. The third kappa shape index (κ3) is 4.26. The Hall–Kier alpha value is -0.580. The summed E-state index contributed by atoms with van der Waals surface area (Å²) < 4.78 is 0.695. The first-order valence-electron chi connectivity index (χ1n) is 5.82. The molecule has 0 aliphatic heterocycles. The van der Waals surface area contributed by atoms with Crippen LogP contribution in [-0.4, -0.2) is 23.7 Å². The minimum Gasteiger partial charge on any atom is -0.396 e. The van der Waals surface area contributed by atoms with Crippen molar-refractivity contribution >= 4 is 33.4 Å². The molecule has 0 heterocycles. The molecule has 18 heavy (non-hydrogen) atoms. The number of amides is 1. The third-order valence-electron chi connectivity index (χ3n) is 2.74. The van der Waals surface area contributed by atoms with Crippen molar-refractivity contribution in [2.75, 3.05) is 6.61 Å². The number of carbonyl (C=O) groups is 1. The van der Waals surface area contributed by atoms with E-state index in [1.807, 2.05) is 13.8 Å². The summed E-state index contributed by atoms with van der Waals surface area (Å²) in [5.41, 5.74) is 0.551. The lowest BCUT2D eigenvalue weighted by atomic mass is 10.0. The van der Waals surface area contributed by atoms with Crippen molar-refractivity contribution in [1.82, 2.24) is 5.32 Å². The quantitative estimate of drug-likeness (QED) is 0.868. The van der Waals surface area contributed by atoms with Crippen LogP contribution in [0.1, 0.15) is 30.6 Å². The first-order chi connectivity index (χ1) is 8.45. The molecule has 0 saturated heterocycles. The Kier molecular flexibility index (Phi) is 6.12. The van der Waals surface area contributed by atoms with Crippen LogP contribution in [0.3, 0.4) is 0 Å². The average molecular weight is 335 g/mol. The number of benzene rings is 1. The fourth-order valence-corrected chi connectivity index (χ4v) is 2.10. The van der Waals surface area contributed by atoms with Crippen LogP contribution in [0.5, 0.6) is 0 Å². The van der Waals surface area contributed by atoms with E-state index in [0.717, 1.165) is 0 Å². The smallest absolute Gasteiger partial charge is 0.251 e. The van der Waals surface area contributed by atoms with Crippen LogP contribution in [0.2, 0.25) is 5.02 Å². The second-order valence-electron chi connectivity index (χ2n) is 4.47. The predicted molar refractivity (Wildman–Crippen MR) is 76.9 cm³/mol. The van der Waals surface area contributed by atoms with E-state index >= 15 is 0 Å². The molecule has 2 N–H and O–H groups in total. The van der Waals surface area contributed by atoms with Crippen molar-refractivity contribution in [3.63, 3.8) is 0 Å². The summed E-state index contributed by atoms with van der Waals surface area (Å²) in [5.74, 6) is 0.122. The van der Waals surface area contributed by atoms with Crippen LogP contribution < -0.4 is 5.32 Å². The lowest BCUT2D eigenvalue weighted by Crippen LogP contribution is -2.39. The van der Waals surface area contributed by atoms with Gasteiger partial charge in [0.25, 0.3) is 5.91 Å². The molecular weight excluding hydrogens is 318 g/mol. The predicted octanol–water partition coefficient (Wildman–Crippen LogP) is 3.24. The molecule has 5 heteroatoms. The van der Waals surface area contributed by atoms with Crippen molar-refractivity contribution in [2.45, 2.75) is 26.3 Å². The van der Waals surface area contributed by atoms with Gasteiger partial charge in [0.15, 0.2) is 0 Å². The molecule has 1 unspecified atom stereocenters. The van der Waals surface area contributed by atoms with Crippen LogP contribution in [0.15, 0.2) is 22.7 Å². The Balaban J connectivity index is 2.77. The van der Waals surface area contributed by atoms with Gasteiger partial charge in [0.1, 0.15) is 0 Å².